The molecule has 0 bridgehead atoms. The molecule has 0 fully saturated rings. The summed E-state index contributed by atoms with van der Waals surface area (Å²) in [7, 11) is 0. The molecule has 8 heteroatoms. The zero-order chi connectivity index (χ0) is 25.6. The maximum atomic E-state index is 12.2. The third-order valence-corrected chi connectivity index (χ3v) is 6.26. The third kappa shape index (κ3) is 9.07. The molecule has 2 N–H and O–H groups in total. The van der Waals surface area contributed by atoms with Crippen molar-refractivity contribution >= 4 is 34.0 Å². The first-order valence-corrected chi connectivity index (χ1v) is 13.4. The topological polar surface area (TPSA) is 88.4 Å². The third-order valence-electron chi connectivity index (χ3n) is 5.73. The van der Waals surface area contributed by atoms with E-state index in [0.717, 1.165) is 46.2 Å². The molecule has 3 rings (SSSR count). The largest absolute Gasteiger partial charge is 0.347 e. The van der Waals surface area contributed by atoms with Crippen LogP contribution in [-0.2, 0) is 9.59 Å². The fourth-order valence-electron chi connectivity index (χ4n) is 3.75. The van der Waals surface area contributed by atoms with Crippen molar-refractivity contribution in [3.8, 4) is 16.9 Å². The predicted octanol–water partition coefficient (Wildman–Crippen LogP) is 6.01. The molecule has 3 aromatic rings. The molecule has 0 atom stereocenters. The lowest BCUT2D eigenvalue weighted by molar-refractivity contribution is -0.126. The van der Waals surface area contributed by atoms with Crippen LogP contribution in [0.2, 0.25) is 0 Å². The van der Waals surface area contributed by atoms with Crippen LogP contribution >= 0.6 is 15.9 Å². The van der Waals surface area contributed by atoms with Crippen LogP contribution in [-0.4, -0.2) is 34.4 Å². The molecule has 0 aliphatic rings. The van der Waals surface area contributed by atoms with Gasteiger partial charge in [0.2, 0.25) is 5.91 Å². The van der Waals surface area contributed by atoms with Gasteiger partial charge in [0.15, 0.2) is 0 Å². The number of unbranched alkanes of at least 4 members (excludes halogenated alkanes) is 6. The fourth-order valence-corrected chi connectivity index (χ4v) is 4.01. The Hall–Kier alpha value is -3.26. The van der Waals surface area contributed by atoms with E-state index in [2.05, 4.69) is 38.7 Å². The number of nitrogens with one attached hydrogen (secondary N) is 2. The van der Waals surface area contributed by atoms with Gasteiger partial charge in [0.05, 0.1) is 18.4 Å². The van der Waals surface area contributed by atoms with Crippen LogP contribution in [0.15, 0.2) is 70.4 Å². The average Bonchev–Trinajstić information content (AvgIpc) is 3.32. The molecule has 2 aromatic carbocycles. The summed E-state index contributed by atoms with van der Waals surface area (Å²) in [6, 6.07) is 17.6. The molecule has 7 nitrogen and oxygen atoms in total. The first-order valence-electron chi connectivity index (χ1n) is 12.6. The number of benzene rings is 2. The molecule has 190 valence electrons. The zero-order valence-electron chi connectivity index (χ0n) is 20.8. The molecule has 0 saturated heterocycles. The van der Waals surface area contributed by atoms with Crippen molar-refractivity contribution in [3.05, 3.63) is 70.8 Å². The van der Waals surface area contributed by atoms with Gasteiger partial charge in [-0.15, -0.1) is 0 Å². The molecule has 0 radical (unpaired) electrons. The van der Waals surface area contributed by atoms with Crippen molar-refractivity contribution in [1.29, 1.82) is 0 Å². The molecule has 0 spiro atoms. The summed E-state index contributed by atoms with van der Waals surface area (Å²) in [6.45, 7) is 2.10. The van der Waals surface area contributed by atoms with Gasteiger partial charge in [-0.05, 0) is 30.7 Å². The summed E-state index contributed by atoms with van der Waals surface area (Å²) in [6.07, 6.45) is 11.9. The first kappa shape index (κ1) is 27.3. The highest BCUT2D eigenvalue weighted by molar-refractivity contribution is 9.10. The second kappa shape index (κ2) is 15.0. The molecule has 1 aromatic heterocycles. The quantitative estimate of drug-likeness (QED) is 0.146. The molecule has 0 saturated carbocycles. The van der Waals surface area contributed by atoms with Crippen LogP contribution in [0.4, 0.5) is 0 Å². The Balaban J connectivity index is 1.52. The Morgan fingerprint density at radius 2 is 1.64 bits per heavy atom. The lowest BCUT2D eigenvalue weighted by Gasteiger charge is -2.04. The summed E-state index contributed by atoms with van der Waals surface area (Å²) in [5, 5.41) is 11.5. The SMILES string of the molecule is CCCCCCCCCC(=O)NCC(=O)NN=Cc1cn(-c2ccccc2)nc1-c1ccc(Br)cc1. The van der Waals surface area contributed by atoms with Crippen LogP contribution in [0.25, 0.3) is 16.9 Å². The Morgan fingerprint density at radius 1 is 0.944 bits per heavy atom. The van der Waals surface area contributed by atoms with Crippen molar-refractivity contribution in [3.63, 3.8) is 0 Å². The second-order valence-corrected chi connectivity index (χ2v) is 9.58. The number of para-hydroxylation sites is 1. The van der Waals surface area contributed by atoms with E-state index in [-0.39, 0.29) is 18.4 Å². The monoisotopic (exact) mass is 551 g/mol. The number of amides is 2. The van der Waals surface area contributed by atoms with Gasteiger partial charge < -0.3 is 5.32 Å². The standard InChI is InChI=1S/C28H34BrN5O2/c1-2-3-4-5-6-7-11-14-26(35)30-20-27(36)32-31-19-23-21-34(25-12-9-8-10-13-25)33-28(23)22-15-17-24(29)18-16-22/h8-10,12-13,15-19,21H,2-7,11,14,20H2,1H3,(H,30,35)(H,32,36). The molecule has 2 amide bonds. The summed E-state index contributed by atoms with van der Waals surface area (Å²) >= 11 is 3.46. The summed E-state index contributed by atoms with van der Waals surface area (Å²) in [5.41, 5.74) is 5.84. The number of aromatic nitrogens is 2. The molecule has 0 unspecified atom stereocenters. The summed E-state index contributed by atoms with van der Waals surface area (Å²) in [4.78, 5) is 24.2. The van der Waals surface area contributed by atoms with Gasteiger partial charge in [-0.2, -0.15) is 10.2 Å². The molecular weight excluding hydrogens is 518 g/mol. The van der Waals surface area contributed by atoms with Gasteiger partial charge in [-0.3, -0.25) is 9.59 Å². The van der Waals surface area contributed by atoms with E-state index in [1.165, 1.54) is 25.7 Å². The zero-order valence-corrected chi connectivity index (χ0v) is 22.3. The van der Waals surface area contributed by atoms with Crippen molar-refractivity contribution in [2.45, 2.75) is 58.3 Å². The van der Waals surface area contributed by atoms with E-state index in [0.29, 0.717) is 6.42 Å². The smallest absolute Gasteiger partial charge is 0.259 e. The van der Waals surface area contributed by atoms with Gasteiger partial charge in [0.1, 0.15) is 5.69 Å². The van der Waals surface area contributed by atoms with E-state index in [1.54, 1.807) is 10.9 Å². The minimum atomic E-state index is -0.375. The van der Waals surface area contributed by atoms with Gasteiger partial charge in [-0.25, -0.2) is 10.1 Å². The number of nitrogens with zero attached hydrogens (tertiary/aromatic N) is 3. The predicted molar refractivity (Wildman–Crippen MR) is 148 cm³/mol. The van der Waals surface area contributed by atoms with Crippen molar-refractivity contribution in [1.82, 2.24) is 20.5 Å². The van der Waals surface area contributed by atoms with Crippen LogP contribution < -0.4 is 10.7 Å². The Morgan fingerprint density at radius 3 is 2.36 bits per heavy atom. The number of hydrogen-bond acceptors (Lipinski definition) is 4. The van der Waals surface area contributed by atoms with Gasteiger partial charge in [0, 0.05) is 28.2 Å². The number of hydrazone groups is 1. The normalized spacial score (nSPS) is 11.1. The van der Waals surface area contributed by atoms with Gasteiger partial charge in [0.25, 0.3) is 5.91 Å². The van der Waals surface area contributed by atoms with E-state index in [1.807, 2.05) is 60.8 Å². The minimum Gasteiger partial charge on any atom is -0.347 e. The lowest BCUT2D eigenvalue weighted by atomic mass is 10.1. The van der Waals surface area contributed by atoms with Gasteiger partial charge >= 0.3 is 0 Å². The summed E-state index contributed by atoms with van der Waals surface area (Å²) < 4.78 is 2.76. The molecule has 1 heterocycles. The van der Waals surface area contributed by atoms with Crippen molar-refractivity contribution in [2.24, 2.45) is 5.10 Å². The maximum absolute atomic E-state index is 12.2. The van der Waals surface area contributed by atoms with E-state index in [4.69, 9.17) is 5.10 Å². The number of hydrogen-bond donors (Lipinski definition) is 2. The number of halogens is 1. The maximum Gasteiger partial charge on any atom is 0.259 e. The van der Waals surface area contributed by atoms with Crippen molar-refractivity contribution in [2.75, 3.05) is 6.54 Å². The highest BCUT2D eigenvalue weighted by Gasteiger charge is 2.11. The highest BCUT2D eigenvalue weighted by Crippen LogP contribution is 2.24. The number of rotatable bonds is 14. The molecular formula is C28H34BrN5O2. The Labute approximate surface area is 221 Å². The Bertz CT molecular complexity index is 1130. The average molecular weight is 553 g/mol. The lowest BCUT2D eigenvalue weighted by Crippen LogP contribution is -2.34. The van der Waals surface area contributed by atoms with Crippen molar-refractivity contribution < 1.29 is 9.59 Å². The van der Waals surface area contributed by atoms with Crippen LogP contribution in [0.1, 0.15) is 63.9 Å². The second-order valence-electron chi connectivity index (χ2n) is 8.66. The molecule has 36 heavy (non-hydrogen) atoms. The fraction of sp³-hybridized carbons (Fsp3) is 0.357. The minimum absolute atomic E-state index is 0.102. The highest BCUT2D eigenvalue weighted by atomic mass is 79.9. The molecule has 0 aliphatic heterocycles. The van der Waals surface area contributed by atoms with Crippen LogP contribution in [0, 0.1) is 0 Å². The number of carbonyl (C=O) groups excluding carboxylic acids is 2. The Kier molecular flexibility index (Phi) is 11.4. The molecule has 0 aliphatic carbocycles. The van der Waals surface area contributed by atoms with Crippen LogP contribution in [0.3, 0.4) is 0 Å². The van der Waals surface area contributed by atoms with E-state index in [9.17, 15) is 9.59 Å². The summed E-state index contributed by atoms with van der Waals surface area (Å²) in [5.74, 6) is -0.482. The van der Waals surface area contributed by atoms with Gasteiger partial charge in [-0.1, -0.05) is 91.7 Å². The number of carbonyl (C=O) groups is 2. The van der Waals surface area contributed by atoms with E-state index >= 15 is 0 Å². The van der Waals surface area contributed by atoms with E-state index < -0.39 is 0 Å². The van der Waals surface area contributed by atoms with Crippen LogP contribution in [0.5, 0.6) is 0 Å². The first-order chi connectivity index (χ1) is 17.6.